The van der Waals surface area contributed by atoms with Crippen molar-refractivity contribution < 1.29 is 18.9 Å². The maximum atomic E-state index is 10.5. The van der Waals surface area contributed by atoms with Crippen LogP contribution in [0, 0.1) is 0 Å². The molecule has 0 aliphatic carbocycles. The normalized spacial score (nSPS) is 17.4. The number of alkyl halides is 1. The Hall–Kier alpha value is 0.590. The van der Waals surface area contributed by atoms with Crippen molar-refractivity contribution in [2.75, 3.05) is 0 Å². The van der Waals surface area contributed by atoms with Crippen molar-refractivity contribution in [3.63, 3.8) is 0 Å². The highest BCUT2D eigenvalue weighted by atomic mass is 79.9. The maximum Gasteiger partial charge on any atom is 0.469 e. The average molecular weight is 261 g/mol. The first-order valence-electron chi connectivity index (χ1n) is 3.78. The first-order valence-corrected chi connectivity index (χ1v) is 6.23. The Labute approximate surface area is 80.7 Å². The van der Waals surface area contributed by atoms with Crippen molar-refractivity contribution in [2.45, 2.75) is 37.6 Å². The minimum absolute atomic E-state index is 0.00451. The average Bonchev–Trinajstić information content (AvgIpc) is 1.97. The van der Waals surface area contributed by atoms with Gasteiger partial charge in [-0.3, -0.25) is 4.52 Å². The van der Waals surface area contributed by atoms with Gasteiger partial charge in [0, 0.05) is 4.83 Å². The van der Waals surface area contributed by atoms with E-state index in [9.17, 15) is 4.57 Å². The summed E-state index contributed by atoms with van der Waals surface area (Å²) in [7, 11) is -4.34. The third kappa shape index (κ3) is 5.27. The van der Waals surface area contributed by atoms with Crippen LogP contribution in [0.1, 0.15) is 26.7 Å². The molecule has 74 valence electrons. The lowest BCUT2D eigenvalue weighted by Gasteiger charge is -2.20. The van der Waals surface area contributed by atoms with Gasteiger partial charge in [0.2, 0.25) is 0 Å². The number of rotatable bonds is 5. The fourth-order valence-corrected chi connectivity index (χ4v) is 2.13. The lowest BCUT2D eigenvalue weighted by Crippen LogP contribution is -2.21. The highest BCUT2D eigenvalue weighted by molar-refractivity contribution is 9.09. The van der Waals surface area contributed by atoms with Gasteiger partial charge in [-0.15, -0.1) is 0 Å². The first kappa shape index (κ1) is 12.6. The van der Waals surface area contributed by atoms with Crippen LogP contribution in [0.4, 0.5) is 0 Å². The molecular weight excluding hydrogens is 247 g/mol. The summed E-state index contributed by atoms with van der Waals surface area (Å²) in [5, 5.41) is 0. The molecule has 0 saturated carbocycles. The van der Waals surface area contributed by atoms with Gasteiger partial charge in [0.25, 0.3) is 0 Å². The Bertz CT molecular complexity index is 169. The van der Waals surface area contributed by atoms with Crippen molar-refractivity contribution >= 4 is 23.8 Å². The molecule has 0 aromatic carbocycles. The Morgan fingerprint density at radius 2 is 1.92 bits per heavy atom. The second kappa shape index (κ2) is 5.35. The van der Waals surface area contributed by atoms with Crippen molar-refractivity contribution in [3.05, 3.63) is 0 Å². The van der Waals surface area contributed by atoms with Crippen LogP contribution in [0.15, 0.2) is 0 Å². The first-order chi connectivity index (χ1) is 5.40. The number of hydrogen-bond acceptors (Lipinski definition) is 2. The zero-order chi connectivity index (χ0) is 9.78. The van der Waals surface area contributed by atoms with Crippen LogP contribution in [0.2, 0.25) is 0 Å². The summed E-state index contributed by atoms with van der Waals surface area (Å²) in [6, 6.07) is 0. The van der Waals surface area contributed by atoms with E-state index in [1.54, 1.807) is 0 Å². The molecule has 0 aromatic heterocycles. The summed E-state index contributed by atoms with van der Waals surface area (Å²) in [6.07, 6.45) is 0.934. The highest BCUT2D eigenvalue weighted by Gasteiger charge is 2.25. The molecule has 0 aromatic rings. The number of phosphoric acid groups is 1. The second-order valence-corrected chi connectivity index (χ2v) is 4.84. The third-order valence-corrected chi connectivity index (χ3v) is 3.25. The molecule has 0 aliphatic rings. The van der Waals surface area contributed by atoms with E-state index in [1.807, 2.05) is 13.8 Å². The van der Waals surface area contributed by atoms with Gasteiger partial charge in [-0.25, -0.2) is 4.57 Å². The number of halogens is 1. The molecule has 0 spiro atoms. The fourth-order valence-electron chi connectivity index (χ4n) is 0.836. The van der Waals surface area contributed by atoms with E-state index in [1.165, 1.54) is 0 Å². The van der Waals surface area contributed by atoms with E-state index in [-0.39, 0.29) is 4.83 Å². The smallest absolute Gasteiger partial charge is 0.303 e. The molecule has 0 radical (unpaired) electrons. The van der Waals surface area contributed by atoms with Crippen LogP contribution >= 0.6 is 23.8 Å². The van der Waals surface area contributed by atoms with Gasteiger partial charge in [0.1, 0.15) is 0 Å². The molecule has 0 rings (SSSR count). The molecule has 0 amide bonds. The van der Waals surface area contributed by atoms with Gasteiger partial charge in [0.15, 0.2) is 0 Å². The van der Waals surface area contributed by atoms with E-state index < -0.39 is 13.9 Å². The molecule has 6 heteroatoms. The molecular formula is C6H14BrO4P. The molecule has 2 atom stereocenters. The van der Waals surface area contributed by atoms with E-state index in [2.05, 4.69) is 20.5 Å². The summed E-state index contributed by atoms with van der Waals surface area (Å²) in [5.74, 6) is 0. The van der Waals surface area contributed by atoms with Crippen LogP contribution in [0.5, 0.6) is 0 Å². The van der Waals surface area contributed by atoms with Crippen LogP contribution in [-0.4, -0.2) is 20.7 Å². The molecule has 0 heterocycles. The quantitative estimate of drug-likeness (QED) is 0.587. The SMILES string of the molecule is CCC(Br)C(CC)OP(=O)(O)O. The minimum Gasteiger partial charge on any atom is -0.303 e. The molecule has 0 aliphatic heterocycles. The van der Waals surface area contributed by atoms with Gasteiger partial charge >= 0.3 is 7.82 Å². The second-order valence-electron chi connectivity index (χ2n) is 2.47. The van der Waals surface area contributed by atoms with Crippen LogP contribution < -0.4 is 0 Å². The summed E-state index contributed by atoms with van der Waals surface area (Å²) in [5.41, 5.74) is 0. The van der Waals surface area contributed by atoms with E-state index in [0.717, 1.165) is 6.42 Å². The van der Waals surface area contributed by atoms with E-state index in [0.29, 0.717) is 6.42 Å². The maximum absolute atomic E-state index is 10.5. The topological polar surface area (TPSA) is 66.8 Å². The zero-order valence-electron chi connectivity index (χ0n) is 7.11. The van der Waals surface area contributed by atoms with Gasteiger partial charge in [-0.2, -0.15) is 0 Å². The predicted octanol–water partition coefficient (Wildman–Crippen LogP) is 2.05. The van der Waals surface area contributed by atoms with E-state index in [4.69, 9.17) is 9.79 Å². The minimum atomic E-state index is -4.34. The molecule has 2 N–H and O–H groups in total. The molecule has 2 unspecified atom stereocenters. The van der Waals surface area contributed by atoms with E-state index >= 15 is 0 Å². The lowest BCUT2D eigenvalue weighted by molar-refractivity contribution is 0.128. The highest BCUT2D eigenvalue weighted by Crippen LogP contribution is 2.40. The molecule has 4 nitrogen and oxygen atoms in total. The van der Waals surface area contributed by atoms with Crippen LogP contribution in [0.3, 0.4) is 0 Å². The monoisotopic (exact) mass is 260 g/mol. The summed E-state index contributed by atoms with van der Waals surface area (Å²) in [6.45, 7) is 3.75. The fraction of sp³-hybridized carbons (Fsp3) is 1.00. The van der Waals surface area contributed by atoms with Gasteiger partial charge in [-0.1, -0.05) is 29.8 Å². The number of phosphoric ester groups is 1. The Morgan fingerprint density at radius 3 is 2.17 bits per heavy atom. The third-order valence-electron chi connectivity index (χ3n) is 1.47. The Kier molecular flexibility index (Phi) is 5.61. The lowest BCUT2D eigenvalue weighted by atomic mass is 10.2. The zero-order valence-corrected chi connectivity index (χ0v) is 9.59. The summed E-state index contributed by atoms with van der Waals surface area (Å²) >= 11 is 3.29. The van der Waals surface area contributed by atoms with Gasteiger partial charge < -0.3 is 9.79 Å². The molecule has 0 fully saturated rings. The molecule has 12 heavy (non-hydrogen) atoms. The van der Waals surface area contributed by atoms with Crippen molar-refractivity contribution in [2.24, 2.45) is 0 Å². The van der Waals surface area contributed by atoms with Crippen LogP contribution in [0.25, 0.3) is 0 Å². The van der Waals surface area contributed by atoms with Crippen molar-refractivity contribution in [1.82, 2.24) is 0 Å². The molecule has 0 bridgehead atoms. The summed E-state index contributed by atoms with van der Waals surface area (Å²) < 4.78 is 15.0. The van der Waals surface area contributed by atoms with Gasteiger partial charge in [0.05, 0.1) is 6.10 Å². The van der Waals surface area contributed by atoms with Crippen LogP contribution in [-0.2, 0) is 9.09 Å². The molecule has 0 saturated heterocycles. The summed E-state index contributed by atoms with van der Waals surface area (Å²) in [4.78, 5) is 17.1. The largest absolute Gasteiger partial charge is 0.469 e. The Morgan fingerprint density at radius 1 is 1.42 bits per heavy atom. The van der Waals surface area contributed by atoms with Crippen molar-refractivity contribution in [3.8, 4) is 0 Å². The van der Waals surface area contributed by atoms with Crippen molar-refractivity contribution in [1.29, 1.82) is 0 Å². The predicted molar refractivity (Wildman–Crippen MR) is 50.2 cm³/mol. The van der Waals surface area contributed by atoms with Gasteiger partial charge in [-0.05, 0) is 12.8 Å². The Balaban J connectivity index is 4.09. The number of hydrogen-bond donors (Lipinski definition) is 2. The standard InChI is InChI=1S/C6H14BrO4P/c1-3-5(7)6(4-2)11-12(8,9)10/h5-6H,3-4H2,1-2H3,(H2,8,9,10).